The van der Waals surface area contributed by atoms with Crippen LogP contribution < -0.4 is 5.73 Å². The lowest BCUT2D eigenvalue weighted by molar-refractivity contribution is 0.205. The zero-order chi connectivity index (χ0) is 15.8. The summed E-state index contributed by atoms with van der Waals surface area (Å²) in [5, 5.41) is 8.42. The molecular weight excluding hydrogens is 250 g/mol. The summed E-state index contributed by atoms with van der Waals surface area (Å²) in [6.45, 7) is 14.3. The van der Waals surface area contributed by atoms with Gasteiger partial charge in [0.15, 0.2) is 0 Å². The third-order valence-electron chi connectivity index (χ3n) is 3.32. The molecule has 0 bridgehead atoms. The number of hydrogen-bond acceptors (Lipinski definition) is 4. The number of nitrogens with zero attached hydrogens (tertiary/aromatic N) is 4. The normalized spacial score (nSPS) is 11.7. The van der Waals surface area contributed by atoms with E-state index in [-0.39, 0.29) is 5.41 Å². The molecule has 0 saturated heterocycles. The van der Waals surface area contributed by atoms with Gasteiger partial charge in [-0.1, -0.05) is 32.9 Å². The summed E-state index contributed by atoms with van der Waals surface area (Å²) in [5.74, 6) is 0. The number of rotatable bonds is 7. The van der Waals surface area contributed by atoms with Crippen LogP contribution in [0.3, 0.4) is 0 Å². The molecule has 1 aromatic rings. The number of aromatic nitrogens is 3. The van der Waals surface area contributed by atoms with Crippen LogP contribution in [0, 0.1) is 5.41 Å². The lowest BCUT2D eigenvalue weighted by atomic mass is 9.85. The van der Waals surface area contributed by atoms with Crippen molar-refractivity contribution in [1.29, 1.82) is 0 Å². The molecule has 1 heterocycles. The van der Waals surface area contributed by atoms with Gasteiger partial charge in [0.2, 0.25) is 0 Å². The van der Waals surface area contributed by atoms with Crippen molar-refractivity contribution >= 4 is 0 Å². The van der Waals surface area contributed by atoms with Crippen LogP contribution in [0.2, 0.25) is 0 Å². The molecule has 0 atom stereocenters. The van der Waals surface area contributed by atoms with E-state index in [2.05, 4.69) is 50.0 Å². The molecule has 0 saturated carbocycles. The SMILES string of the molecule is CC.CC(C)N(C)Cn1cc(CC(C)(C)CCN)nn1. The highest BCUT2D eigenvalue weighted by Crippen LogP contribution is 2.24. The van der Waals surface area contributed by atoms with E-state index >= 15 is 0 Å². The maximum absolute atomic E-state index is 5.62. The van der Waals surface area contributed by atoms with Gasteiger partial charge in [0.25, 0.3) is 0 Å². The first-order valence-electron chi connectivity index (χ1n) is 7.63. The molecule has 0 aliphatic rings. The quantitative estimate of drug-likeness (QED) is 0.835. The van der Waals surface area contributed by atoms with Gasteiger partial charge in [-0.25, -0.2) is 4.68 Å². The molecule has 5 nitrogen and oxygen atoms in total. The van der Waals surface area contributed by atoms with Crippen LogP contribution in [0.5, 0.6) is 0 Å². The van der Waals surface area contributed by atoms with Crippen molar-refractivity contribution in [2.24, 2.45) is 11.1 Å². The van der Waals surface area contributed by atoms with E-state index in [9.17, 15) is 0 Å². The van der Waals surface area contributed by atoms with Gasteiger partial charge in [-0.3, -0.25) is 4.90 Å². The van der Waals surface area contributed by atoms with E-state index in [1.54, 1.807) is 0 Å². The third-order valence-corrected chi connectivity index (χ3v) is 3.32. The van der Waals surface area contributed by atoms with Crippen molar-refractivity contribution in [1.82, 2.24) is 19.9 Å². The fourth-order valence-electron chi connectivity index (χ4n) is 1.85. The van der Waals surface area contributed by atoms with E-state index < -0.39 is 0 Å². The Labute approximate surface area is 124 Å². The summed E-state index contributed by atoms with van der Waals surface area (Å²) in [7, 11) is 2.09. The maximum Gasteiger partial charge on any atom is 0.0946 e. The van der Waals surface area contributed by atoms with Crippen molar-refractivity contribution in [3.63, 3.8) is 0 Å². The molecule has 0 amide bonds. The summed E-state index contributed by atoms with van der Waals surface area (Å²) in [5.41, 5.74) is 6.87. The highest BCUT2D eigenvalue weighted by atomic mass is 15.5. The zero-order valence-electron chi connectivity index (χ0n) is 14.3. The van der Waals surface area contributed by atoms with Crippen molar-refractivity contribution in [2.75, 3.05) is 13.6 Å². The van der Waals surface area contributed by atoms with Gasteiger partial charge in [0, 0.05) is 12.2 Å². The molecule has 118 valence electrons. The van der Waals surface area contributed by atoms with Crippen LogP contribution in [0.25, 0.3) is 0 Å². The van der Waals surface area contributed by atoms with E-state index in [0.29, 0.717) is 6.04 Å². The van der Waals surface area contributed by atoms with Crippen LogP contribution in [-0.4, -0.2) is 39.5 Å². The molecule has 1 aromatic heterocycles. The zero-order valence-corrected chi connectivity index (χ0v) is 14.3. The van der Waals surface area contributed by atoms with Gasteiger partial charge in [0.1, 0.15) is 0 Å². The Morgan fingerprint density at radius 2 is 1.95 bits per heavy atom. The first-order chi connectivity index (χ1) is 9.34. The Kier molecular flexibility index (Phi) is 8.65. The summed E-state index contributed by atoms with van der Waals surface area (Å²) in [6.07, 6.45) is 3.97. The minimum absolute atomic E-state index is 0.194. The summed E-state index contributed by atoms with van der Waals surface area (Å²) >= 11 is 0. The van der Waals surface area contributed by atoms with Crippen molar-refractivity contribution in [3.05, 3.63) is 11.9 Å². The molecule has 0 unspecified atom stereocenters. The second kappa shape index (κ2) is 9.08. The molecule has 1 rings (SSSR count). The Morgan fingerprint density at radius 1 is 1.35 bits per heavy atom. The lowest BCUT2D eigenvalue weighted by Crippen LogP contribution is -2.28. The second-order valence-electron chi connectivity index (χ2n) is 6.12. The molecule has 2 N–H and O–H groups in total. The highest BCUT2D eigenvalue weighted by Gasteiger charge is 2.19. The number of nitrogens with two attached hydrogens (primary N) is 1. The molecule has 5 heteroatoms. The summed E-state index contributed by atoms with van der Waals surface area (Å²) in [6, 6.07) is 0.506. The Bertz CT molecular complexity index is 357. The topological polar surface area (TPSA) is 60.0 Å². The standard InChI is InChI=1S/C13H27N5.C2H6/c1-11(2)17(5)10-18-9-12(15-16-18)8-13(3,4)6-7-14;1-2/h9,11H,6-8,10,14H2,1-5H3;1-2H3. The molecule has 0 aromatic carbocycles. The predicted octanol–water partition coefficient (Wildman–Crippen LogP) is 2.52. The van der Waals surface area contributed by atoms with Gasteiger partial charge >= 0.3 is 0 Å². The van der Waals surface area contributed by atoms with E-state index in [0.717, 1.165) is 31.7 Å². The highest BCUT2D eigenvalue weighted by molar-refractivity contribution is 4.96. The van der Waals surface area contributed by atoms with Crippen LogP contribution in [0.15, 0.2) is 6.20 Å². The van der Waals surface area contributed by atoms with Crippen LogP contribution in [0.4, 0.5) is 0 Å². The smallest absolute Gasteiger partial charge is 0.0946 e. The van der Waals surface area contributed by atoms with Gasteiger partial charge in [-0.05, 0) is 45.7 Å². The van der Waals surface area contributed by atoms with Crippen LogP contribution in [0.1, 0.15) is 53.7 Å². The van der Waals surface area contributed by atoms with Gasteiger partial charge in [-0.2, -0.15) is 0 Å². The minimum atomic E-state index is 0.194. The first-order valence-corrected chi connectivity index (χ1v) is 7.63. The van der Waals surface area contributed by atoms with Gasteiger partial charge in [-0.15, -0.1) is 5.10 Å². The molecule has 0 aliphatic carbocycles. The fourth-order valence-corrected chi connectivity index (χ4v) is 1.85. The average molecular weight is 283 g/mol. The first kappa shape index (κ1) is 19.1. The van der Waals surface area contributed by atoms with Gasteiger partial charge in [0.05, 0.1) is 12.4 Å². The van der Waals surface area contributed by atoms with Crippen molar-refractivity contribution in [2.45, 2.75) is 67.1 Å². The molecular formula is C15H33N5. The fraction of sp³-hybridized carbons (Fsp3) is 0.867. The van der Waals surface area contributed by atoms with E-state index in [4.69, 9.17) is 5.73 Å². The van der Waals surface area contributed by atoms with Crippen LogP contribution in [-0.2, 0) is 13.1 Å². The lowest BCUT2D eigenvalue weighted by Gasteiger charge is -2.22. The van der Waals surface area contributed by atoms with Gasteiger partial charge < -0.3 is 5.73 Å². The molecule has 0 fully saturated rings. The molecule has 0 aliphatic heterocycles. The Hall–Kier alpha value is -0.940. The monoisotopic (exact) mass is 283 g/mol. The largest absolute Gasteiger partial charge is 0.330 e. The molecule has 0 radical (unpaired) electrons. The average Bonchev–Trinajstić information content (AvgIpc) is 2.77. The molecule has 0 spiro atoms. The van der Waals surface area contributed by atoms with E-state index in [1.165, 1.54) is 0 Å². The Balaban J connectivity index is 0.00000172. The minimum Gasteiger partial charge on any atom is -0.330 e. The summed E-state index contributed by atoms with van der Waals surface area (Å²) in [4.78, 5) is 2.23. The van der Waals surface area contributed by atoms with E-state index in [1.807, 2.05) is 24.7 Å². The second-order valence-corrected chi connectivity index (χ2v) is 6.12. The van der Waals surface area contributed by atoms with Crippen molar-refractivity contribution < 1.29 is 0 Å². The molecule has 20 heavy (non-hydrogen) atoms. The third kappa shape index (κ3) is 7.01. The van der Waals surface area contributed by atoms with Crippen LogP contribution >= 0.6 is 0 Å². The maximum atomic E-state index is 5.62. The summed E-state index contributed by atoms with van der Waals surface area (Å²) < 4.78 is 1.90. The number of hydrogen-bond donors (Lipinski definition) is 1. The van der Waals surface area contributed by atoms with Crippen molar-refractivity contribution in [3.8, 4) is 0 Å². The Morgan fingerprint density at radius 3 is 2.45 bits per heavy atom. The predicted molar refractivity (Wildman–Crippen MR) is 85.4 cm³/mol.